The molecule has 1 saturated heterocycles. The number of hydrogen-bond donors (Lipinski definition) is 2. The quantitative estimate of drug-likeness (QED) is 0.588. The van der Waals surface area contributed by atoms with Crippen LogP contribution in [0, 0.1) is 0 Å². The van der Waals surface area contributed by atoms with Crippen LogP contribution in [-0.4, -0.2) is 28.1 Å². The second-order valence-corrected chi connectivity index (χ2v) is 4.43. The number of rotatable bonds is 2. The topological polar surface area (TPSA) is 102 Å². The molecule has 7 nitrogen and oxygen atoms in total. The second-order valence-electron chi connectivity index (χ2n) is 3.12. The molecule has 0 saturated carbocycles. The molecule has 1 aliphatic rings. The van der Waals surface area contributed by atoms with E-state index in [2.05, 4.69) is 15.1 Å². The number of carboxylic acid groups (broad SMARTS) is 1. The van der Waals surface area contributed by atoms with Crippen molar-refractivity contribution >= 4 is 17.7 Å². The second kappa shape index (κ2) is 3.70. The molecule has 82 valence electrons. The molecule has 2 unspecified atom stereocenters. The SMILES string of the molecule is C[n+]1noc([O-])c1C1NCC(C(=O)O)S1. The lowest BCUT2D eigenvalue weighted by molar-refractivity contribution is -0.746. The molecule has 1 aromatic heterocycles. The Kier molecular flexibility index (Phi) is 2.53. The zero-order valence-corrected chi connectivity index (χ0v) is 8.65. The summed E-state index contributed by atoms with van der Waals surface area (Å²) in [5.41, 5.74) is 0.337. The maximum atomic E-state index is 11.3. The molecule has 15 heavy (non-hydrogen) atoms. The minimum absolute atomic E-state index is 0.329. The molecular formula is C7H9N3O4S. The van der Waals surface area contributed by atoms with Crippen LogP contribution < -0.4 is 15.1 Å². The van der Waals surface area contributed by atoms with Crippen LogP contribution in [0.25, 0.3) is 0 Å². The largest absolute Gasteiger partial charge is 0.539 e. The first-order chi connectivity index (χ1) is 7.09. The fourth-order valence-electron chi connectivity index (χ4n) is 1.38. The van der Waals surface area contributed by atoms with Crippen molar-refractivity contribution in [3.05, 3.63) is 5.69 Å². The molecule has 0 aliphatic carbocycles. The fourth-order valence-corrected chi connectivity index (χ4v) is 2.59. The Labute approximate surface area is 89.0 Å². The van der Waals surface area contributed by atoms with Crippen molar-refractivity contribution in [3.63, 3.8) is 0 Å². The molecule has 2 rings (SSSR count). The number of carbonyl (C=O) groups is 1. The Hall–Kier alpha value is -1.28. The minimum Gasteiger partial charge on any atom is -0.539 e. The van der Waals surface area contributed by atoms with Gasteiger partial charge in [0.15, 0.2) is 13.0 Å². The van der Waals surface area contributed by atoms with Crippen LogP contribution in [0.5, 0.6) is 5.95 Å². The van der Waals surface area contributed by atoms with E-state index in [1.165, 1.54) is 16.4 Å². The lowest BCUT2D eigenvalue weighted by atomic mass is 10.4. The van der Waals surface area contributed by atoms with Crippen molar-refractivity contribution < 1.29 is 24.2 Å². The van der Waals surface area contributed by atoms with Crippen LogP contribution in [0.3, 0.4) is 0 Å². The molecule has 2 heterocycles. The molecule has 0 amide bonds. The number of thioether (sulfide) groups is 1. The van der Waals surface area contributed by atoms with E-state index in [9.17, 15) is 9.90 Å². The number of nitrogens with zero attached hydrogens (tertiary/aromatic N) is 2. The molecule has 1 aromatic rings. The normalized spacial score (nSPS) is 25.7. The molecular weight excluding hydrogens is 222 g/mol. The molecule has 8 heteroatoms. The molecule has 1 aliphatic heterocycles. The van der Waals surface area contributed by atoms with Gasteiger partial charge in [0.25, 0.3) is 5.69 Å². The third-order valence-corrected chi connectivity index (χ3v) is 3.48. The van der Waals surface area contributed by atoms with Gasteiger partial charge in [-0.3, -0.25) is 10.1 Å². The lowest BCUT2D eigenvalue weighted by Crippen LogP contribution is -2.37. The zero-order chi connectivity index (χ0) is 11.0. The maximum Gasteiger partial charge on any atom is 0.318 e. The predicted octanol–water partition coefficient (Wildman–Crippen LogP) is -1.64. The summed E-state index contributed by atoms with van der Waals surface area (Å²) in [4.78, 5) is 10.7. The van der Waals surface area contributed by atoms with E-state index in [0.717, 1.165) is 0 Å². The number of hydrogen-bond acceptors (Lipinski definition) is 6. The average Bonchev–Trinajstić information content (AvgIpc) is 2.73. The molecule has 2 N–H and O–H groups in total. The first-order valence-electron chi connectivity index (χ1n) is 4.24. The standard InChI is InChI=1S/C7H9N3O4S/c1-10-4(7(13)14-9-10)5-8-2-3(15-5)6(11)12/h3,5,8H,2H2,1H3,(H-,9,11,12,13). The van der Waals surface area contributed by atoms with E-state index in [0.29, 0.717) is 12.2 Å². The van der Waals surface area contributed by atoms with Gasteiger partial charge >= 0.3 is 5.97 Å². The summed E-state index contributed by atoms with van der Waals surface area (Å²) in [6.07, 6.45) is 0. The molecule has 2 atom stereocenters. The highest BCUT2D eigenvalue weighted by Crippen LogP contribution is 2.35. The monoisotopic (exact) mass is 231 g/mol. The van der Waals surface area contributed by atoms with Gasteiger partial charge in [0.05, 0.1) is 5.27 Å². The highest BCUT2D eigenvalue weighted by molar-refractivity contribution is 8.01. The smallest absolute Gasteiger partial charge is 0.318 e. The van der Waals surface area contributed by atoms with Gasteiger partial charge in [-0.25, -0.2) is 0 Å². The minimum atomic E-state index is -0.887. The number of aryl methyl sites for hydroxylation is 1. The van der Waals surface area contributed by atoms with E-state index in [1.807, 2.05) is 0 Å². The molecule has 1 fully saturated rings. The van der Waals surface area contributed by atoms with Gasteiger partial charge in [0, 0.05) is 6.54 Å². The molecule has 0 spiro atoms. The third-order valence-electron chi connectivity index (χ3n) is 2.12. The number of nitrogens with one attached hydrogen (secondary N) is 1. The fraction of sp³-hybridized carbons (Fsp3) is 0.571. The third kappa shape index (κ3) is 1.77. The highest BCUT2D eigenvalue weighted by atomic mass is 32.2. The Morgan fingerprint density at radius 1 is 1.87 bits per heavy atom. The van der Waals surface area contributed by atoms with Crippen LogP contribution in [0.1, 0.15) is 11.1 Å². The van der Waals surface area contributed by atoms with E-state index in [4.69, 9.17) is 5.11 Å². The van der Waals surface area contributed by atoms with Crippen molar-refractivity contribution in [3.8, 4) is 5.95 Å². The summed E-state index contributed by atoms with van der Waals surface area (Å²) in [6, 6.07) is 0. The molecule has 0 bridgehead atoms. The number of carboxylic acids is 1. The molecule has 0 aromatic carbocycles. The van der Waals surface area contributed by atoms with E-state index in [-0.39, 0.29) is 5.37 Å². The summed E-state index contributed by atoms with van der Waals surface area (Å²) in [5, 5.41) is 25.5. The summed E-state index contributed by atoms with van der Waals surface area (Å²) in [6.45, 7) is 0.329. The van der Waals surface area contributed by atoms with E-state index < -0.39 is 17.2 Å². The Bertz CT molecular complexity index is 374. The zero-order valence-electron chi connectivity index (χ0n) is 7.84. The van der Waals surface area contributed by atoms with Crippen molar-refractivity contribution in [1.82, 2.24) is 10.6 Å². The van der Waals surface area contributed by atoms with Crippen LogP contribution in [0.2, 0.25) is 0 Å². The van der Waals surface area contributed by atoms with Crippen molar-refractivity contribution in [2.24, 2.45) is 7.05 Å². The maximum absolute atomic E-state index is 11.3. The van der Waals surface area contributed by atoms with E-state index >= 15 is 0 Å². The van der Waals surface area contributed by atoms with Gasteiger partial charge in [-0.1, -0.05) is 4.68 Å². The van der Waals surface area contributed by atoms with Crippen LogP contribution >= 0.6 is 11.8 Å². The Balaban J connectivity index is 2.17. The van der Waals surface area contributed by atoms with Gasteiger partial charge in [0.1, 0.15) is 10.6 Å². The van der Waals surface area contributed by atoms with Gasteiger partial charge in [-0.15, -0.1) is 11.8 Å². The van der Waals surface area contributed by atoms with E-state index in [1.54, 1.807) is 7.05 Å². The van der Waals surface area contributed by atoms with Gasteiger partial charge < -0.3 is 14.7 Å². The molecule has 0 radical (unpaired) electrons. The van der Waals surface area contributed by atoms with Crippen LogP contribution in [-0.2, 0) is 11.8 Å². The van der Waals surface area contributed by atoms with Crippen molar-refractivity contribution in [1.29, 1.82) is 0 Å². The Morgan fingerprint density at radius 2 is 2.60 bits per heavy atom. The van der Waals surface area contributed by atoms with Crippen LogP contribution in [0.15, 0.2) is 4.52 Å². The van der Waals surface area contributed by atoms with Gasteiger partial charge in [0.2, 0.25) is 0 Å². The van der Waals surface area contributed by atoms with Gasteiger partial charge in [-0.05, 0) is 0 Å². The summed E-state index contributed by atoms with van der Waals surface area (Å²) < 4.78 is 5.78. The summed E-state index contributed by atoms with van der Waals surface area (Å²) in [5.74, 6) is -1.42. The first kappa shape index (κ1) is 10.2. The predicted molar refractivity (Wildman–Crippen MR) is 46.9 cm³/mol. The van der Waals surface area contributed by atoms with Crippen molar-refractivity contribution in [2.75, 3.05) is 6.54 Å². The van der Waals surface area contributed by atoms with Crippen molar-refractivity contribution in [2.45, 2.75) is 10.6 Å². The summed E-state index contributed by atoms with van der Waals surface area (Å²) in [7, 11) is 1.58. The summed E-state index contributed by atoms with van der Waals surface area (Å²) >= 11 is 1.17. The lowest BCUT2D eigenvalue weighted by Gasteiger charge is -2.04. The first-order valence-corrected chi connectivity index (χ1v) is 5.18. The Morgan fingerprint density at radius 3 is 3.07 bits per heavy atom. The average molecular weight is 231 g/mol. The van der Waals surface area contributed by atoms with Gasteiger partial charge in [-0.2, -0.15) is 0 Å². The highest BCUT2D eigenvalue weighted by Gasteiger charge is 2.37. The van der Waals surface area contributed by atoms with Crippen LogP contribution in [0.4, 0.5) is 0 Å². The number of aliphatic carboxylic acids is 1. The number of aromatic nitrogens is 2.